The van der Waals surface area contributed by atoms with Crippen LogP contribution in [0.4, 0.5) is 15.8 Å². The maximum atomic E-state index is 14.0. The van der Waals surface area contributed by atoms with Gasteiger partial charge in [0, 0.05) is 0 Å². The first kappa shape index (κ1) is 22.3. The maximum Gasteiger partial charge on any atom is 0.261 e. The van der Waals surface area contributed by atoms with E-state index >= 15 is 0 Å². The molecule has 0 unspecified atom stereocenters. The average Bonchev–Trinajstić information content (AvgIpc) is 2.72. The number of anilines is 2. The van der Waals surface area contributed by atoms with Gasteiger partial charge in [0.2, 0.25) is 0 Å². The van der Waals surface area contributed by atoms with Gasteiger partial charge in [-0.05, 0) is 68.3 Å². The van der Waals surface area contributed by atoms with Crippen LogP contribution in [0.25, 0.3) is 0 Å². The number of hydrogen-bond acceptors (Lipinski definition) is 4. The molecule has 0 aromatic heterocycles. The van der Waals surface area contributed by atoms with Crippen molar-refractivity contribution in [3.63, 3.8) is 0 Å². The third-order valence-corrected chi connectivity index (χ3v) is 5.93. The van der Waals surface area contributed by atoms with Crippen LogP contribution in [0, 0.1) is 19.7 Å². The third-order valence-electron chi connectivity index (χ3n) is 4.57. The lowest BCUT2D eigenvalue weighted by atomic mass is 10.1. The molecule has 6 nitrogen and oxygen atoms in total. The second kappa shape index (κ2) is 9.18. The van der Waals surface area contributed by atoms with Gasteiger partial charge in [0.05, 0.1) is 28.4 Å². The molecule has 2 N–H and O–H groups in total. The highest BCUT2D eigenvalue weighted by atomic mass is 32.2. The van der Waals surface area contributed by atoms with Gasteiger partial charge in [0.25, 0.3) is 15.9 Å². The molecule has 0 aliphatic carbocycles. The van der Waals surface area contributed by atoms with E-state index in [1.807, 2.05) is 19.1 Å². The van der Waals surface area contributed by atoms with E-state index in [0.717, 1.165) is 11.1 Å². The fraction of sp³-hybridized carbons (Fsp3) is 0.174. The van der Waals surface area contributed by atoms with Crippen molar-refractivity contribution in [2.24, 2.45) is 0 Å². The molecule has 0 saturated carbocycles. The minimum Gasteiger partial charge on any atom is -0.492 e. The van der Waals surface area contributed by atoms with E-state index in [1.165, 1.54) is 42.5 Å². The van der Waals surface area contributed by atoms with Crippen LogP contribution in [-0.2, 0) is 10.0 Å². The molecule has 0 fully saturated rings. The lowest BCUT2D eigenvalue weighted by Crippen LogP contribution is -2.17. The summed E-state index contributed by atoms with van der Waals surface area (Å²) in [6.45, 7) is 5.73. The van der Waals surface area contributed by atoms with Gasteiger partial charge in [-0.25, -0.2) is 12.8 Å². The number of ether oxygens (including phenoxy) is 1. The summed E-state index contributed by atoms with van der Waals surface area (Å²) in [7, 11) is -3.95. The summed E-state index contributed by atoms with van der Waals surface area (Å²) in [5.41, 5.74) is 2.11. The van der Waals surface area contributed by atoms with Crippen LogP contribution in [-0.4, -0.2) is 20.9 Å². The van der Waals surface area contributed by atoms with Gasteiger partial charge in [-0.3, -0.25) is 9.52 Å². The lowest BCUT2D eigenvalue weighted by Gasteiger charge is -2.15. The van der Waals surface area contributed by atoms with Crippen molar-refractivity contribution in [2.45, 2.75) is 25.7 Å². The van der Waals surface area contributed by atoms with Gasteiger partial charge in [-0.2, -0.15) is 0 Å². The number of carbonyl (C=O) groups excluding carboxylic acids is 1. The van der Waals surface area contributed by atoms with Crippen LogP contribution in [0.3, 0.4) is 0 Å². The molecule has 0 heterocycles. The minimum atomic E-state index is -3.95. The second-order valence-electron chi connectivity index (χ2n) is 6.95. The molecule has 0 aliphatic heterocycles. The van der Waals surface area contributed by atoms with Gasteiger partial charge in [-0.1, -0.05) is 24.3 Å². The number of rotatable bonds is 7. The largest absolute Gasteiger partial charge is 0.492 e. The van der Waals surface area contributed by atoms with Crippen LogP contribution in [0.15, 0.2) is 65.6 Å². The first-order valence-corrected chi connectivity index (χ1v) is 11.1. The molecule has 8 heteroatoms. The minimum absolute atomic E-state index is 0.0688. The summed E-state index contributed by atoms with van der Waals surface area (Å²) in [6, 6.07) is 15.1. The summed E-state index contributed by atoms with van der Waals surface area (Å²) in [4.78, 5) is 12.5. The van der Waals surface area contributed by atoms with Crippen LogP contribution < -0.4 is 14.8 Å². The quantitative estimate of drug-likeness (QED) is 0.545. The molecule has 0 saturated heterocycles. The van der Waals surface area contributed by atoms with E-state index in [4.69, 9.17) is 4.74 Å². The predicted octanol–water partition coefficient (Wildman–Crippen LogP) is 4.89. The molecule has 0 atom stereocenters. The number of carbonyl (C=O) groups is 1. The highest BCUT2D eigenvalue weighted by Crippen LogP contribution is 2.30. The fourth-order valence-electron chi connectivity index (χ4n) is 2.94. The van der Waals surface area contributed by atoms with Crippen molar-refractivity contribution in [1.82, 2.24) is 0 Å². The molecule has 31 heavy (non-hydrogen) atoms. The zero-order valence-corrected chi connectivity index (χ0v) is 18.2. The topological polar surface area (TPSA) is 84.5 Å². The molecular weight excluding hydrogens is 419 g/mol. The number of halogens is 1. The first-order chi connectivity index (χ1) is 14.7. The van der Waals surface area contributed by atoms with Crippen LogP contribution >= 0.6 is 0 Å². The molecule has 0 spiro atoms. The van der Waals surface area contributed by atoms with E-state index < -0.39 is 21.7 Å². The standard InChI is InChI=1S/C23H23FN2O4S/c1-4-30-22-12-11-17(31(28,29)26-20-13-15(2)9-10-16(20)3)14-21(22)25-23(27)18-7-5-6-8-19(18)24/h5-14,26H,4H2,1-3H3,(H,25,27). The number of sulfonamides is 1. The summed E-state index contributed by atoms with van der Waals surface area (Å²) < 4.78 is 48.0. The highest BCUT2D eigenvalue weighted by molar-refractivity contribution is 7.92. The monoisotopic (exact) mass is 442 g/mol. The molecule has 1 amide bonds. The van der Waals surface area contributed by atoms with Crippen LogP contribution in [0.2, 0.25) is 0 Å². The van der Waals surface area contributed by atoms with Crippen LogP contribution in [0.5, 0.6) is 5.75 Å². The van der Waals surface area contributed by atoms with Crippen LogP contribution in [0.1, 0.15) is 28.4 Å². The van der Waals surface area contributed by atoms with E-state index in [-0.39, 0.29) is 21.9 Å². The SMILES string of the molecule is CCOc1ccc(S(=O)(=O)Nc2cc(C)ccc2C)cc1NC(=O)c1ccccc1F. The Labute approximate surface area is 181 Å². The Kier molecular flexibility index (Phi) is 6.60. The fourth-order valence-corrected chi connectivity index (χ4v) is 4.09. The maximum absolute atomic E-state index is 14.0. The third kappa shape index (κ3) is 5.21. The number of aryl methyl sites for hydroxylation is 2. The van der Waals surface area contributed by atoms with E-state index in [9.17, 15) is 17.6 Å². The molecule has 3 rings (SSSR count). The van der Waals surface area contributed by atoms with Gasteiger partial charge < -0.3 is 10.1 Å². The Morgan fingerprint density at radius 3 is 2.45 bits per heavy atom. The van der Waals surface area contributed by atoms with E-state index in [0.29, 0.717) is 12.3 Å². The van der Waals surface area contributed by atoms with Crippen molar-refractivity contribution in [2.75, 3.05) is 16.6 Å². The Bertz CT molecular complexity index is 1230. The van der Waals surface area contributed by atoms with E-state index in [2.05, 4.69) is 10.0 Å². The summed E-state index contributed by atoms with van der Waals surface area (Å²) in [5, 5.41) is 2.55. The predicted molar refractivity (Wildman–Crippen MR) is 119 cm³/mol. The van der Waals surface area contributed by atoms with E-state index in [1.54, 1.807) is 19.9 Å². The van der Waals surface area contributed by atoms with Crippen molar-refractivity contribution in [3.8, 4) is 5.75 Å². The number of benzene rings is 3. The summed E-state index contributed by atoms with van der Waals surface area (Å²) in [5.74, 6) is -1.12. The van der Waals surface area contributed by atoms with Crippen molar-refractivity contribution in [1.29, 1.82) is 0 Å². The second-order valence-corrected chi connectivity index (χ2v) is 8.63. The molecule has 0 bridgehead atoms. The van der Waals surface area contributed by atoms with Crippen molar-refractivity contribution < 1.29 is 22.3 Å². The Morgan fingerprint density at radius 1 is 1.00 bits per heavy atom. The molecule has 3 aromatic rings. The summed E-state index contributed by atoms with van der Waals surface area (Å²) >= 11 is 0. The molecular formula is C23H23FN2O4S. The normalized spacial score (nSPS) is 11.1. The average molecular weight is 443 g/mol. The molecule has 3 aromatic carbocycles. The molecule has 0 radical (unpaired) electrons. The van der Waals surface area contributed by atoms with Crippen molar-refractivity contribution in [3.05, 3.63) is 83.2 Å². The van der Waals surface area contributed by atoms with Gasteiger partial charge in [-0.15, -0.1) is 0 Å². The Morgan fingerprint density at radius 2 is 1.74 bits per heavy atom. The number of amides is 1. The van der Waals surface area contributed by atoms with Gasteiger partial charge in [0.1, 0.15) is 11.6 Å². The molecule has 162 valence electrons. The zero-order valence-electron chi connectivity index (χ0n) is 17.4. The van der Waals surface area contributed by atoms with Crippen molar-refractivity contribution >= 4 is 27.3 Å². The molecule has 0 aliphatic rings. The number of hydrogen-bond donors (Lipinski definition) is 2. The smallest absolute Gasteiger partial charge is 0.261 e. The lowest BCUT2D eigenvalue weighted by molar-refractivity contribution is 0.102. The number of nitrogens with one attached hydrogen (secondary N) is 2. The summed E-state index contributed by atoms with van der Waals surface area (Å²) in [6.07, 6.45) is 0. The Balaban J connectivity index is 1.96. The van der Waals surface area contributed by atoms with Gasteiger partial charge in [0.15, 0.2) is 0 Å². The van der Waals surface area contributed by atoms with Gasteiger partial charge >= 0.3 is 0 Å². The first-order valence-electron chi connectivity index (χ1n) is 9.64. The zero-order chi connectivity index (χ0) is 22.6. The Hall–Kier alpha value is -3.39. The highest BCUT2D eigenvalue weighted by Gasteiger charge is 2.20.